The van der Waals surface area contributed by atoms with Gasteiger partial charge in [0.15, 0.2) is 11.8 Å². The molecule has 6 rings (SSSR count). The summed E-state index contributed by atoms with van der Waals surface area (Å²) >= 11 is 5.93. The Morgan fingerprint density at radius 1 is 1.22 bits per heavy atom. The van der Waals surface area contributed by atoms with E-state index in [2.05, 4.69) is 25.2 Å². The summed E-state index contributed by atoms with van der Waals surface area (Å²) in [5.74, 6) is 3.93. The molecule has 3 fully saturated rings. The van der Waals surface area contributed by atoms with E-state index in [1.807, 2.05) is 0 Å². The predicted molar refractivity (Wildman–Crippen MR) is 119 cm³/mol. The lowest BCUT2D eigenvalue weighted by Gasteiger charge is -2.41. The number of anilines is 2. The van der Waals surface area contributed by atoms with Crippen molar-refractivity contribution in [2.75, 3.05) is 35.9 Å². The number of nitrogens with one attached hydrogen (secondary N) is 1. The summed E-state index contributed by atoms with van der Waals surface area (Å²) in [6, 6.07) is 0. The number of halogens is 1. The fourth-order valence-corrected chi connectivity index (χ4v) is 6.55. The number of aliphatic hydroxyl groups excluding tert-OH is 1. The zero-order chi connectivity index (χ0) is 21.9. The van der Waals surface area contributed by atoms with Gasteiger partial charge in [0.05, 0.1) is 17.2 Å². The maximum absolute atomic E-state index is 12.5. The Kier molecular flexibility index (Phi) is 5.00. The van der Waals surface area contributed by atoms with Gasteiger partial charge in [-0.25, -0.2) is 9.97 Å². The Bertz CT molecular complexity index is 1050. The van der Waals surface area contributed by atoms with Crippen LogP contribution in [0.2, 0.25) is 5.02 Å². The van der Waals surface area contributed by atoms with Gasteiger partial charge in [0.25, 0.3) is 0 Å². The molecule has 32 heavy (non-hydrogen) atoms. The lowest BCUT2D eigenvalue weighted by atomic mass is 9.77. The highest BCUT2D eigenvalue weighted by Gasteiger charge is 2.44. The highest BCUT2D eigenvalue weighted by atomic mass is 35.5. The molecule has 2 aromatic rings. The number of rotatable bonds is 5. The summed E-state index contributed by atoms with van der Waals surface area (Å²) in [6.45, 7) is 1.75. The van der Waals surface area contributed by atoms with E-state index in [1.54, 1.807) is 12.4 Å². The van der Waals surface area contributed by atoms with Gasteiger partial charge in [-0.2, -0.15) is 9.97 Å². The Balaban J connectivity index is 1.22. The molecule has 9 nitrogen and oxygen atoms in total. The van der Waals surface area contributed by atoms with Crippen LogP contribution in [0.3, 0.4) is 0 Å². The number of nitrogens with zero attached hydrogens (tertiary/aromatic N) is 5. The molecule has 4 aliphatic rings. The second-order valence-corrected chi connectivity index (χ2v) is 11.2. The lowest BCUT2D eigenvalue weighted by molar-refractivity contribution is 0.143. The Labute approximate surface area is 193 Å². The first kappa shape index (κ1) is 20.6. The van der Waals surface area contributed by atoms with Gasteiger partial charge >= 0.3 is 0 Å². The summed E-state index contributed by atoms with van der Waals surface area (Å²) < 4.78 is 18.1. The maximum Gasteiger partial charge on any atom is 0.238 e. The summed E-state index contributed by atoms with van der Waals surface area (Å²) in [7, 11) is -1.30. The molecule has 1 saturated heterocycles. The Hall–Kier alpha value is -2.04. The Morgan fingerprint density at radius 2 is 1.94 bits per heavy atom. The second kappa shape index (κ2) is 7.78. The van der Waals surface area contributed by atoms with Crippen LogP contribution in [-0.2, 0) is 10.8 Å². The molecule has 4 heterocycles. The molecule has 3 atom stereocenters. The minimum atomic E-state index is -1.30. The third kappa shape index (κ3) is 3.43. The third-order valence-corrected chi connectivity index (χ3v) is 8.74. The SMILES string of the molecule is O=[S@@]1COc2nc(N3CC4CC(c5ncc(Cl)cn5)CC4C3)nc(NC3(CO)CCC3)c21. The molecule has 0 amide bonds. The summed E-state index contributed by atoms with van der Waals surface area (Å²) in [4.78, 5) is 21.0. The van der Waals surface area contributed by atoms with Crippen LogP contribution in [0.25, 0.3) is 0 Å². The molecular weight excluding hydrogens is 452 g/mol. The van der Waals surface area contributed by atoms with Crippen molar-refractivity contribution in [2.45, 2.75) is 48.5 Å². The van der Waals surface area contributed by atoms with Crippen molar-refractivity contribution in [3.05, 3.63) is 23.2 Å². The summed E-state index contributed by atoms with van der Waals surface area (Å²) in [6.07, 6.45) is 8.20. The van der Waals surface area contributed by atoms with E-state index in [-0.39, 0.29) is 18.1 Å². The molecule has 2 unspecified atom stereocenters. The van der Waals surface area contributed by atoms with Gasteiger partial charge in [0.1, 0.15) is 21.5 Å². The van der Waals surface area contributed by atoms with Crippen molar-refractivity contribution in [1.29, 1.82) is 0 Å². The van der Waals surface area contributed by atoms with E-state index < -0.39 is 10.8 Å². The van der Waals surface area contributed by atoms with Crippen molar-refractivity contribution in [1.82, 2.24) is 19.9 Å². The topological polar surface area (TPSA) is 113 Å². The van der Waals surface area contributed by atoms with Crippen LogP contribution in [-0.4, -0.2) is 60.4 Å². The molecule has 0 aromatic carbocycles. The largest absolute Gasteiger partial charge is 0.463 e. The number of hydrogen-bond donors (Lipinski definition) is 2. The summed E-state index contributed by atoms with van der Waals surface area (Å²) in [5.41, 5.74) is -0.389. The van der Waals surface area contributed by atoms with E-state index in [9.17, 15) is 9.32 Å². The maximum atomic E-state index is 12.5. The van der Waals surface area contributed by atoms with Gasteiger partial charge < -0.3 is 20.1 Å². The zero-order valence-corrected chi connectivity index (χ0v) is 19.1. The van der Waals surface area contributed by atoms with E-state index in [1.165, 1.54) is 0 Å². The molecule has 2 N–H and O–H groups in total. The lowest BCUT2D eigenvalue weighted by Crippen LogP contribution is -2.48. The molecular formula is C21H25ClN6O3S. The number of aromatic nitrogens is 4. The molecule has 2 aromatic heterocycles. The molecule has 0 bridgehead atoms. The first-order valence-electron chi connectivity index (χ1n) is 11.1. The fraction of sp³-hybridized carbons (Fsp3) is 0.619. The van der Waals surface area contributed by atoms with Gasteiger partial charge in [-0.15, -0.1) is 0 Å². The molecule has 0 spiro atoms. The van der Waals surface area contributed by atoms with E-state index >= 15 is 0 Å². The quantitative estimate of drug-likeness (QED) is 0.671. The average molecular weight is 477 g/mol. The van der Waals surface area contributed by atoms with Crippen LogP contribution in [0.1, 0.15) is 43.8 Å². The molecule has 2 aliphatic heterocycles. The predicted octanol–water partition coefficient (Wildman–Crippen LogP) is 2.33. The van der Waals surface area contributed by atoms with E-state index in [0.29, 0.717) is 45.3 Å². The molecule has 170 valence electrons. The molecule has 2 aliphatic carbocycles. The van der Waals surface area contributed by atoms with Crippen LogP contribution in [0.5, 0.6) is 5.88 Å². The Morgan fingerprint density at radius 3 is 2.56 bits per heavy atom. The minimum Gasteiger partial charge on any atom is -0.463 e. The summed E-state index contributed by atoms with van der Waals surface area (Å²) in [5, 5.41) is 13.8. The minimum absolute atomic E-state index is 0.0244. The molecule has 2 saturated carbocycles. The van der Waals surface area contributed by atoms with E-state index in [0.717, 1.165) is 51.0 Å². The van der Waals surface area contributed by atoms with Crippen molar-refractivity contribution < 1.29 is 14.1 Å². The fourth-order valence-electron chi connectivity index (χ4n) is 5.50. The highest BCUT2D eigenvalue weighted by molar-refractivity contribution is 7.85. The van der Waals surface area contributed by atoms with Crippen LogP contribution >= 0.6 is 11.6 Å². The first-order valence-corrected chi connectivity index (χ1v) is 12.8. The van der Waals surface area contributed by atoms with Gasteiger partial charge in [-0.1, -0.05) is 11.6 Å². The monoisotopic (exact) mass is 476 g/mol. The number of hydrogen-bond acceptors (Lipinski definition) is 9. The second-order valence-electron chi connectivity index (χ2n) is 9.38. The average Bonchev–Trinajstić information content (AvgIpc) is 3.44. The zero-order valence-electron chi connectivity index (χ0n) is 17.5. The van der Waals surface area contributed by atoms with Crippen molar-refractivity contribution in [2.24, 2.45) is 11.8 Å². The number of aliphatic hydroxyl groups is 1. The van der Waals surface area contributed by atoms with Gasteiger partial charge in [0, 0.05) is 31.4 Å². The number of fused-ring (bicyclic) bond motifs is 2. The molecule has 0 radical (unpaired) electrons. The van der Waals surface area contributed by atoms with Crippen molar-refractivity contribution in [3.63, 3.8) is 0 Å². The smallest absolute Gasteiger partial charge is 0.238 e. The standard InChI is InChI=1S/C21H25ClN6O3S/c22-15-6-23-17(24-7-15)12-4-13-8-28(9-14(13)5-12)20-25-18(27-21(10-29)2-1-3-21)16-19(26-20)31-11-32(16)30/h6-7,12-14,29H,1-5,8-11H2,(H,25,26,27)/t12?,13?,14?,32-/m1/s1. The van der Waals surface area contributed by atoms with E-state index in [4.69, 9.17) is 21.3 Å². The molecule has 11 heteroatoms. The normalized spacial score (nSPS) is 29.9. The van der Waals surface area contributed by atoms with Crippen LogP contribution < -0.4 is 15.0 Å². The third-order valence-electron chi connectivity index (χ3n) is 7.39. The first-order chi connectivity index (χ1) is 15.5. The van der Waals surface area contributed by atoms with Gasteiger partial charge in [0.2, 0.25) is 11.8 Å². The van der Waals surface area contributed by atoms with Crippen LogP contribution in [0, 0.1) is 11.8 Å². The number of ether oxygens (including phenoxy) is 1. The van der Waals surface area contributed by atoms with Crippen LogP contribution in [0.4, 0.5) is 11.8 Å². The van der Waals surface area contributed by atoms with Gasteiger partial charge in [-0.05, 0) is 43.9 Å². The highest BCUT2D eigenvalue weighted by Crippen LogP contribution is 2.47. The van der Waals surface area contributed by atoms with Gasteiger partial charge in [-0.3, -0.25) is 4.21 Å². The van der Waals surface area contributed by atoms with Crippen LogP contribution in [0.15, 0.2) is 17.3 Å². The van der Waals surface area contributed by atoms with Crippen molar-refractivity contribution >= 4 is 34.2 Å². The van der Waals surface area contributed by atoms with Crippen molar-refractivity contribution in [3.8, 4) is 5.88 Å².